The van der Waals surface area contributed by atoms with Crippen molar-refractivity contribution in [2.75, 3.05) is 19.7 Å². The average Bonchev–Trinajstić information content (AvgIpc) is 2.91. The van der Waals surface area contributed by atoms with E-state index in [1.165, 1.54) is 6.07 Å². The average molecular weight is 291 g/mol. The summed E-state index contributed by atoms with van der Waals surface area (Å²) in [6.07, 6.45) is 1.74. The highest BCUT2D eigenvalue weighted by molar-refractivity contribution is 5.54. The van der Waals surface area contributed by atoms with Crippen molar-refractivity contribution in [3.63, 3.8) is 0 Å². The Bertz CT molecular complexity index is 613. The monoisotopic (exact) mass is 291 g/mol. The Balaban J connectivity index is 2.13. The van der Waals surface area contributed by atoms with Crippen LogP contribution in [0.5, 0.6) is 0 Å². The quantitative estimate of drug-likeness (QED) is 0.792. The van der Waals surface area contributed by atoms with Crippen LogP contribution < -0.4 is 0 Å². The van der Waals surface area contributed by atoms with E-state index >= 15 is 0 Å². The molecule has 1 N–H and O–H groups in total. The molecule has 0 atom stereocenters. The maximum absolute atomic E-state index is 13.5. The minimum absolute atomic E-state index is 0.0397. The molecule has 112 valence electrons. The molecule has 0 unspecified atom stereocenters. The number of rotatable bonds is 7. The molecule has 0 aliphatic rings. The molecule has 2 rings (SSSR count). The van der Waals surface area contributed by atoms with Crippen molar-refractivity contribution in [2.24, 2.45) is 0 Å². The zero-order valence-corrected chi connectivity index (χ0v) is 11.9. The zero-order chi connectivity index (χ0) is 15.2. The normalized spacial score (nSPS) is 11.0. The molecule has 21 heavy (non-hydrogen) atoms. The van der Waals surface area contributed by atoms with Gasteiger partial charge in [-0.05, 0) is 18.6 Å². The molecule has 0 saturated heterocycles. The molecule has 6 heteroatoms. The molecule has 0 spiro atoms. The van der Waals surface area contributed by atoms with Crippen LogP contribution in [0, 0.1) is 12.7 Å². The summed E-state index contributed by atoms with van der Waals surface area (Å²) < 4.78 is 18.7. The summed E-state index contributed by atoms with van der Waals surface area (Å²) in [5, 5.41) is 12.9. The van der Waals surface area contributed by atoms with Gasteiger partial charge in [0.2, 0.25) is 11.7 Å². The van der Waals surface area contributed by atoms with Gasteiger partial charge in [0, 0.05) is 18.7 Å². The molecular weight excluding hydrogens is 273 g/mol. The Labute approximate surface area is 122 Å². The van der Waals surface area contributed by atoms with Crippen molar-refractivity contribution < 1.29 is 14.0 Å². The lowest BCUT2D eigenvalue weighted by Crippen LogP contribution is -2.26. The lowest BCUT2D eigenvalue weighted by atomic mass is 10.1. The summed E-state index contributed by atoms with van der Waals surface area (Å²) in [7, 11) is 0. The van der Waals surface area contributed by atoms with Crippen LogP contribution in [0.4, 0.5) is 4.39 Å². The second-order valence-electron chi connectivity index (χ2n) is 4.72. The first kappa shape index (κ1) is 15.3. The van der Waals surface area contributed by atoms with E-state index in [0.29, 0.717) is 42.5 Å². The van der Waals surface area contributed by atoms with Crippen molar-refractivity contribution >= 4 is 0 Å². The molecule has 0 radical (unpaired) electrons. The molecule has 0 aliphatic heterocycles. The summed E-state index contributed by atoms with van der Waals surface area (Å²) in [5.74, 6) is 0.472. The highest BCUT2D eigenvalue weighted by Gasteiger charge is 2.13. The largest absolute Gasteiger partial charge is 0.395 e. The topological polar surface area (TPSA) is 62.4 Å². The minimum atomic E-state index is -0.299. The summed E-state index contributed by atoms with van der Waals surface area (Å²) in [5.41, 5.74) is 1.15. The standard InChI is InChI=1S/C15H18FN3O2/c1-3-6-19(7-8-20)10-14-17-15(18-21-14)12-5-4-11(2)13(16)9-12/h3-5,9,20H,1,6-8,10H2,2H3. The number of nitrogens with zero attached hydrogens (tertiary/aromatic N) is 3. The molecule has 5 nitrogen and oxygen atoms in total. The number of aliphatic hydroxyl groups excluding tert-OH is 1. The van der Waals surface area contributed by atoms with Crippen molar-refractivity contribution in [1.29, 1.82) is 0 Å². The first-order valence-electron chi connectivity index (χ1n) is 6.67. The van der Waals surface area contributed by atoms with Gasteiger partial charge in [-0.25, -0.2) is 4.39 Å². The van der Waals surface area contributed by atoms with Gasteiger partial charge in [0.1, 0.15) is 5.82 Å². The Morgan fingerprint density at radius 3 is 2.95 bits per heavy atom. The third-order valence-corrected chi connectivity index (χ3v) is 3.06. The van der Waals surface area contributed by atoms with Gasteiger partial charge in [0.05, 0.1) is 13.2 Å². The summed E-state index contributed by atoms with van der Waals surface area (Å²) in [4.78, 5) is 6.17. The van der Waals surface area contributed by atoms with Gasteiger partial charge in [-0.1, -0.05) is 23.4 Å². The van der Waals surface area contributed by atoms with Crippen LogP contribution in [0.25, 0.3) is 11.4 Å². The number of hydrogen-bond acceptors (Lipinski definition) is 5. The van der Waals surface area contributed by atoms with Gasteiger partial charge in [-0.15, -0.1) is 6.58 Å². The number of aryl methyl sites for hydroxylation is 1. The van der Waals surface area contributed by atoms with E-state index in [2.05, 4.69) is 16.7 Å². The van der Waals surface area contributed by atoms with Gasteiger partial charge >= 0.3 is 0 Å². The predicted molar refractivity (Wildman–Crippen MR) is 77.0 cm³/mol. The van der Waals surface area contributed by atoms with Gasteiger partial charge in [-0.3, -0.25) is 4.90 Å². The Morgan fingerprint density at radius 2 is 2.29 bits per heavy atom. The van der Waals surface area contributed by atoms with Gasteiger partial charge in [0.15, 0.2) is 0 Å². The Kier molecular flexibility index (Phi) is 5.19. The lowest BCUT2D eigenvalue weighted by molar-refractivity contribution is 0.186. The predicted octanol–water partition coefficient (Wildman–Crippen LogP) is 2.16. The number of halogens is 1. The van der Waals surface area contributed by atoms with Crippen LogP contribution in [0.1, 0.15) is 11.5 Å². The first-order chi connectivity index (χ1) is 10.1. The highest BCUT2D eigenvalue weighted by atomic mass is 19.1. The van der Waals surface area contributed by atoms with Crippen LogP contribution in [-0.4, -0.2) is 39.8 Å². The van der Waals surface area contributed by atoms with E-state index in [0.717, 1.165) is 0 Å². The molecule has 0 aliphatic carbocycles. The second-order valence-corrected chi connectivity index (χ2v) is 4.72. The van der Waals surface area contributed by atoms with Crippen molar-refractivity contribution in [2.45, 2.75) is 13.5 Å². The fourth-order valence-electron chi connectivity index (χ4n) is 1.92. The minimum Gasteiger partial charge on any atom is -0.395 e. The molecule has 2 aromatic rings. The Hall–Kier alpha value is -2.05. The van der Waals surface area contributed by atoms with Crippen LogP contribution in [0.15, 0.2) is 35.4 Å². The molecule has 0 amide bonds. The maximum Gasteiger partial charge on any atom is 0.241 e. The number of hydrogen-bond donors (Lipinski definition) is 1. The van der Waals surface area contributed by atoms with E-state index < -0.39 is 0 Å². The maximum atomic E-state index is 13.5. The van der Waals surface area contributed by atoms with Crippen LogP contribution in [-0.2, 0) is 6.54 Å². The highest BCUT2D eigenvalue weighted by Crippen LogP contribution is 2.19. The summed E-state index contributed by atoms with van der Waals surface area (Å²) in [6, 6.07) is 4.82. The lowest BCUT2D eigenvalue weighted by Gasteiger charge is -2.16. The summed E-state index contributed by atoms with van der Waals surface area (Å²) in [6.45, 7) is 6.91. The third-order valence-electron chi connectivity index (χ3n) is 3.06. The molecule has 1 heterocycles. The SMILES string of the molecule is C=CCN(CCO)Cc1nc(-c2ccc(C)c(F)c2)no1. The fourth-order valence-corrected chi connectivity index (χ4v) is 1.92. The second kappa shape index (κ2) is 7.10. The first-order valence-corrected chi connectivity index (χ1v) is 6.67. The van der Waals surface area contributed by atoms with E-state index in [9.17, 15) is 4.39 Å². The van der Waals surface area contributed by atoms with Crippen molar-refractivity contribution in [1.82, 2.24) is 15.0 Å². The third kappa shape index (κ3) is 3.96. The van der Waals surface area contributed by atoms with E-state index in [4.69, 9.17) is 9.63 Å². The van der Waals surface area contributed by atoms with Crippen molar-refractivity contribution in [3.05, 3.63) is 48.1 Å². The van der Waals surface area contributed by atoms with Gasteiger partial charge in [-0.2, -0.15) is 4.98 Å². The number of aliphatic hydroxyl groups is 1. The van der Waals surface area contributed by atoms with Gasteiger partial charge < -0.3 is 9.63 Å². The van der Waals surface area contributed by atoms with Crippen molar-refractivity contribution in [3.8, 4) is 11.4 Å². The van der Waals surface area contributed by atoms with Crippen LogP contribution in [0.3, 0.4) is 0 Å². The smallest absolute Gasteiger partial charge is 0.241 e. The van der Waals surface area contributed by atoms with Gasteiger partial charge in [0.25, 0.3) is 0 Å². The van der Waals surface area contributed by atoms with E-state index in [1.807, 2.05) is 4.90 Å². The molecule has 0 saturated carbocycles. The number of benzene rings is 1. The zero-order valence-electron chi connectivity index (χ0n) is 11.9. The molecule has 1 aromatic carbocycles. The summed E-state index contributed by atoms with van der Waals surface area (Å²) >= 11 is 0. The number of aromatic nitrogens is 2. The fraction of sp³-hybridized carbons (Fsp3) is 0.333. The molecular formula is C15H18FN3O2. The molecule has 1 aromatic heterocycles. The van der Waals surface area contributed by atoms with E-state index in [-0.39, 0.29) is 12.4 Å². The van der Waals surface area contributed by atoms with Crippen LogP contribution in [0.2, 0.25) is 0 Å². The van der Waals surface area contributed by atoms with Crippen LogP contribution >= 0.6 is 0 Å². The van der Waals surface area contributed by atoms with E-state index in [1.54, 1.807) is 25.1 Å². The molecule has 0 bridgehead atoms. The molecule has 0 fully saturated rings. The Morgan fingerprint density at radius 1 is 1.48 bits per heavy atom.